The van der Waals surface area contributed by atoms with E-state index >= 15 is 0 Å². The lowest BCUT2D eigenvalue weighted by atomic mass is 10.3. The summed E-state index contributed by atoms with van der Waals surface area (Å²) in [5.74, 6) is 0.267. The highest BCUT2D eigenvalue weighted by Gasteiger charge is 2.02. The van der Waals surface area contributed by atoms with Crippen LogP contribution in [0.25, 0.3) is 0 Å². The van der Waals surface area contributed by atoms with Crippen molar-refractivity contribution in [2.75, 3.05) is 0 Å². The molecular formula is C7H7O3. The Kier molecular flexibility index (Phi) is 1.49. The number of hydrogen-bond donors (Lipinski definition) is 1. The Balaban J connectivity index is 3.46. The van der Waals surface area contributed by atoms with Crippen LogP contribution in [-0.4, -0.2) is 5.11 Å². The number of aryl methyl sites for hydroxylation is 1. The minimum Gasteiger partial charge on any atom is -0.507 e. The second-order valence-corrected chi connectivity index (χ2v) is 2.01. The van der Waals surface area contributed by atoms with Crippen molar-refractivity contribution in [1.82, 2.24) is 0 Å². The molecule has 3 heteroatoms. The van der Waals surface area contributed by atoms with Crippen LogP contribution in [0.1, 0.15) is 11.3 Å². The van der Waals surface area contributed by atoms with E-state index in [9.17, 15) is 4.79 Å². The van der Waals surface area contributed by atoms with Gasteiger partial charge >= 0.3 is 5.63 Å². The summed E-state index contributed by atoms with van der Waals surface area (Å²) >= 11 is 0. The minimum atomic E-state index is -0.586. The highest BCUT2D eigenvalue weighted by Crippen LogP contribution is 2.11. The second kappa shape index (κ2) is 2.17. The van der Waals surface area contributed by atoms with E-state index in [4.69, 9.17) is 5.11 Å². The van der Waals surface area contributed by atoms with E-state index < -0.39 is 5.63 Å². The summed E-state index contributed by atoms with van der Waals surface area (Å²) in [4.78, 5) is 10.7. The zero-order valence-electron chi connectivity index (χ0n) is 5.55. The third-order valence-corrected chi connectivity index (χ3v) is 1.15. The van der Waals surface area contributed by atoms with Crippen LogP contribution in [0.5, 0.6) is 5.75 Å². The van der Waals surface area contributed by atoms with Crippen LogP contribution >= 0.6 is 0 Å². The van der Waals surface area contributed by atoms with Gasteiger partial charge in [0.15, 0.2) is 0 Å². The molecule has 1 rings (SSSR count). The quantitative estimate of drug-likeness (QED) is 0.579. The Morgan fingerprint density at radius 1 is 1.70 bits per heavy atom. The first kappa shape index (κ1) is 6.86. The molecule has 0 bridgehead atoms. The average molecular weight is 139 g/mol. The van der Waals surface area contributed by atoms with Gasteiger partial charge in [-0.25, -0.2) is 4.79 Å². The Morgan fingerprint density at radius 3 is 2.80 bits per heavy atom. The molecule has 1 N–H and O–H groups in total. The largest absolute Gasteiger partial charge is 0.507 e. The van der Waals surface area contributed by atoms with Gasteiger partial charge in [-0.05, 0) is 13.8 Å². The van der Waals surface area contributed by atoms with E-state index in [1.54, 1.807) is 6.92 Å². The van der Waals surface area contributed by atoms with Gasteiger partial charge < -0.3 is 9.52 Å². The van der Waals surface area contributed by atoms with Crippen molar-refractivity contribution in [2.24, 2.45) is 0 Å². The molecule has 0 saturated carbocycles. The molecule has 0 unspecified atom stereocenters. The molecule has 0 fully saturated rings. The lowest BCUT2D eigenvalue weighted by molar-refractivity contribution is 0.430. The summed E-state index contributed by atoms with van der Waals surface area (Å²) in [5.41, 5.74) is -0.580. The molecule has 0 aliphatic rings. The maximum Gasteiger partial charge on any atom is 0.342 e. The summed E-state index contributed by atoms with van der Waals surface area (Å²) < 4.78 is 4.61. The maximum atomic E-state index is 10.7. The van der Waals surface area contributed by atoms with Gasteiger partial charge in [0.1, 0.15) is 11.5 Å². The van der Waals surface area contributed by atoms with E-state index in [1.165, 1.54) is 6.07 Å². The number of aromatic hydroxyl groups is 1. The van der Waals surface area contributed by atoms with Crippen LogP contribution in [0.2, 0.25) is 0 Å². The Hall–Kier alpha value is -1.25. The topological polar surface area (TPSA) is 50.4 Å². The van der Waals surface area contributed by atoms with Gasteiger partial charge in [0, 0.05) is 6.07 Å². The van der Waals surface area contributed by atoms with Crippen LogP contribution in [0.4, 0.5) is 0 Å². The Bertz CT molecular complexity index is 298. The first-order valence-electron chi connectivity index (χ1n) is 2.77. The van der Waals surface area contributed by atoms with Gasteiger partial charge in [0.2, 0.25) is 0 Å². The smallest absolute Gasteiger partial charge is 0.342 e. The van der Waals surface area contributed by atoms with Gasteiger partial charge in [-0.1, -0.05) is 0 Å². The van der Waals surface area contributed by atoms with E-state index in [-0.39, 0.29) is 11.3 Å². The molecule has 0 spiro atoms. The van der Waals surface area contributed by atoms with E-state index in [0.29, 0.717) is 5.76 Å². The molecule has 0 aliphatic carbocycles. The minimum absolute atomic E-state index is 0.00519. The van der Waals surface area contributed by atoms with Crippen molar-refractivity contribution in [3.05, 3.63) is 34.7 Å². The van der Waals surface area contributed by atoms with E-state index in [2.05, 4.69) is 11.3 Å². The normalized spacial score (nSPS) is 9.80. The van der Waals surface area contributed by atoms with Crippen molar-refractivity contribution in [2.45, 2.75) is 6.92 Å². The van der Waals surface area contributed by atoms with Crippen LogP contribution in [-0.2, 0) is 0 Å². The van der Waals surface area contributed by atoms with Crippen LogP contribution in [0.15, 0.2) is 15.3 Å². The Labute approximate surface area is 57.9 Å². The fourth-order valence-corrected chi connectivity index (χ4v) is 0.621. The number of hydrogen-bond acceptors (Lipinski definition) is 3. The summed E-state index contributed by atoms with van der Waals surface area (Å²) in [6.45, 7) is 4.89. The fraction of sp³-hybridized carbons (Fsp3) is 0.143. The van der Waals surface area contributed by atoms with Crippen molar-refractivity contribution in [3.63, 3.8) is 0 Å². The molecule has 0 aromatic carbocycles. The molecule has 10 heavy (non-hydrogen) atoms. The molecule has 0 aliphatic heterocycles. The molecule has 1 heterocycles. The van der Waals surface area contributed by atoms with E-state index in [1.807, 2.05) is 0 Å². The van der Waals surface area contributed by atoms with Gasteiger partial charge in [-0.3, -0.25) is 0 Å². The molecule has 0 saturated heterocycles. The molecular weight excluding hydrogens is 132 g/mol. The SMILES string of the molecule is [CH2]c1c(O)cc(C)oc1=O. The molecule has 0 amide bonds. The predicted molar refractivity (Wildman–Crippen MR) is 35.8 cm³/mol. The van der Waals surface area contributed by atoms with Crippen LogP contribution < -0.4 is 5.63 Å². The molecule has 1 radical (unpaired) electrons. The first-order valence-corrected chi connectivity index (χ1v) is 2.77. The highest BCUT2D eigenvalue weighted by atomic mass is 16.4. The zero-order chi connectivity index (χ0) is 7.72. The monoisotopic (exact) mass is 139 g/mol. The van der Waals surface area contributed by atoms with Gasteiger partial charge in [-0.2, -0.15) is 0 Å². The van der Waals surface area contributed by atoms with Crippen molar-refractivity contribution in [3.8, 4) is 5.75 Å². The highest BCUT2D eigenvalue weighted by molar-refractivity contribution is 5.31. The standard InChI is InChI=1S/C7H7O3/c1-4-3-6(8)5(2)7(9)10-4/h3,8H,2H2,1H3. The van der Waals surface area contributed by atoms with Crippen molar-refractivity contribution in [1.29, 1.82) is 0 Å². The summed E-state index contributed by atoms with van der Waals surface area (Å²) in [6, 6.07) is 1.35. The zero-order valence-corrected chi connectivity index (χ0v) is 5.55. The van der Waals surface area contributed by atoms with Gasteiger partial charge in [-0.15, -0.1) is 0 Å². The molecule has 1 aromatic heterocycles. The van der Waals surface area contributed by atoms with Gasteiger partial charge in [0.05, 0.1) is 5.56 Å². The molecule has 0 atom stereocenters. The van der Waals surface area contributed by atoms with Crippen molar-refractivity contribution < 1.29 is 9.52 Å². The van der Waals surface area contributed by atoms with Crippen LogP contribution in [0.3, 0.4) is 0 Å². The van der Waals surface area contributed by atoms with Crippen LogP contribution in [0, 0.1) is 13.8 Å². The maximum absolute atomic E-state index is 10.7. The summed E-state index contributed by atoms with van der Waals surface area (Å²) in [6.07, 6.45) is 0. The lowest BCUT2D eigenvalue weighted by Gasteiger charge is -1.95. The number of rotatable bonds is 0. The van der Waals surface area contributed by atoms with Gasteiger partial charge in [0.25, 0.3) is 0 Å². The second-order valence-electron chi connectivity index (χ2n) is 2.01. The average Bonchev–Trinajstić information content (AvgIpc) is 1.82. The third kappa shape index (κ3) is 1.03. The van der Waals surface area contributed by atoms with Crippen molar-refractivity contribution >= 4 is 0 Å². The fourth-order valence-electron chi connectivity index (χ4n) is 0.621. The summed E-state index contributed by atoms with van der Waals surface area (Å²) in [7, 11) is 0. The third-order valence-electron chi connectivity index (χ3n) is 1.15. The molecule has 53 valence electrons. The molecule has 1 aromatic rings. The van der Waals surface area contributed by atoms with E-state index in [0.717, 1.165) is 0 Å². The lowest BCUT2D eigenvalue weighted by Crippen LogP contribution is -2.02. The predicted octanol–water partition coefficient (Wildman–Crippen LogP) is 0.836. The Morgan fingerprint density at radius 2 is 2.30 bits per heavy atom. The first-order chi connectivity index (χ1) is 4.61. The summed E-state index contributed by atoms with van der Waals surface area (Å²) in [5, 5.41) is 8.96. The molecule has 3 nitrogen and oxygen atoms in total.